The maximum atomic E-state index is 12.1. The number of carbonyl (C=O) groups excluding carboxylic acids is 1. The van der Waals surface area contributed by atoms with E-state index in [0.717, 1.165) is 5.69 Å². The van der Waals surface area contributed by atoms with Gasteiger partial charge in [0.25, 0.3) is 5.91 Å². The molecule has 3 aromatic rings. The molecule has 0 saturated heterocycles. The third-order valence-corrected chi connectivity index (χ3v) is 3.88. The second-order valence-corrected chi connectivity index (χ2v) is 5.44. The Morgan fingerprint density at radius 2 is 1.42 bits per heavy atom. The van der Waals surface area contributed by atoms with Crippen LogP contribution in [0, 0.1) is 0 Å². The zero-order chi connectivity index (χ0) is 16.1. The summed E-state index contributed by atoms with van der Waals surface area (Å²) in [6.45, 7) is 2.15. The number of benzene rings is 2. The SMILES string of the molecule is CC(c1ccccc1)[n+]1ccc(NC(=O)c2ccccc2)cc1.[Br-]. The van der Waals surface area contributed by atoms with E-state index in [1.807, 2.05) is 60.9 Å². The molecular formula is C20H19BrN2O. The van der Waals surface area contributed by atoms with Gasteiger partial charge in [0.15, 0.2) is 18.4 Å². The highest BCUT2D eigenvalue weighted by molar-refractivity contribution is 6.04. The fourth-order valence-electron chi connectivity index (χ4n) is 2.48. The Kier molecular flexibility index (Phi) is 6.27. The van der Waals surface area contributed by atoms with E-state index >= 15 is 0 Å². The maximum absolute atomic E-state index is 12.1. The molecule has 1 amide bonds. The number of carbonyl (C=O) groups is 1. The van der Waals surface area contributed by atoms with Gasteiger partial charge in [-0.1, -0.05) is 48.5 Å². The van der Waals surface area contributed by atoms with Crippen molar-refractivity contribution in [1.82, 2.24) is 0 Å². The molecule has 4 heteroatoms. The van der Waals surface area contributed by atoms with E-state index in [1.165, 1.54) is 5.56 Å². The maximum Gasteiger partial charge on any atom is 0.255 e. The quantitative estimate of drug-likeness (QED) is 0.666. The van der Waals surface area contributed by atoms with E-state index in [1.54, 1.807) is 12.1 Å². The zero-order valence-electron chi connectivity index (χ0n) is 13.4. The van der Waals surface area contributed by atoms with Crippen LogP contribution in [0.25, 0.3) is 0 Å². The number of nitrogens with zero attached hydrogens (tertiary/aromatic N) is 1. The molecule has 2 aromatic carbocycles. The summed E-state index contributed by atoms with van der Waals surface area (Å²) in [5.41, 5.74) is 2.69. The monoisotopic (exact) mass is 382 g/mol. The molecule has 1 unspecified atom stereocenters. The second kappa shape index (κ2) is 8.41. The van der Waals surface area contributed by atoms with Crippen LogP contribution >= 0.6 is 0 Å². The topological polar surface area (TPSA) is 33.0 Å². The van der Waals surface area contributed by atoms with Crippen molar-refractivity contribution >= 4 is 11.6 Å². The number of aromatic nitrogens is 1. The summed E-state index contributed by atoms with van der Waals surface area (Å²) >= 11 is 0. The van der Waals surface area contributed by atoms with Gasteiger partial charge in [-0.15, -0.1) is 0 Å². The molecule has 0 aliphatic rings. The van der Waals surface area contributed by atoms with Crippen LogP contribution in [-0.2, 0) is 0 Å². The summed E-state index contributed by atoms with van der Waals surface area (Å²) in [5.74, 6) is -0.0977. The molecular weight excluding hydrogens is 364 g/mol. The van der Waals surface area contributed by atoms with Gasteiger partial charge in [-0.05, 0) is 12.1 Å². The highest BCUT2D eigenvalue weighted by Crippen LogP contribution is 2.12. The van der Waals surface area contributed by atoms with E-state index in [9.17, 15) is 4.79 Å². The van der Waals surface area contributed by atoms with Crippen LogP contribution in [0.5, 0.6) is 0 Å². The van der Waals surface area contributed by atoms with Crippen LogP contribution in [0.3, 0.4) is 0 Å². The molecule has 0 saturated carbocycles. The molecule has 3 nitrogen and oxygen atoms in total. The number of amides is 1. The van der Waals surface area contributed by atoms with Gasteiger partial charge in [0, 0.05) is 30.2 Å². The largest absolute Gasteiger partial charge is 1.00 e. The number of hydrogen-bond acceptors (Lipinski definition) is 1. The summed E-state index contributed by atoms with van der Waals surface area (Å²) in [6, 6.07) is 23.6. The lowest BCUT2D eigenvalue weighted by atomic mass is 10.1. The fourth-order valence-corrected chi connectivity index (χ4v) is 2.48. The first kappa shape index (κ1) is 17.9. The Labute approximate surface area is 152 Å². The molecule has 1 heterocycles. The number of pyridine rings is 1. The average molecular weight is 383 g/mol. The first-order valence-corrected chi connectivity index (χ1v) is 7.66. The molecule has 1 atom stereocenters. The van der Waals surface area contributed by atoms with Crippen molar-refractivity contribution in [3.8, 4) is 0 Å². The number of halogens is 1. The number of nitrogens with one attached hydrogen (secondary N) is 1. The molecule has 1 aromatic heterocycles. The molecule has 0 radical (unpaired) electrons. The Balaban J connectivity index is 0.00000208. The predicted molar refractivity (Wildman–Crippen MR) is 91.3 cm³/mol. The van der Waals surface area contributed by atoms with Gasteiger partial charge in [-0.3, -0.25) is 4.79 Å². The van der Waals surface area contributed by atoms with Gasteiger partial charge in [0.2, 0.25) is 0 Å². The van der Waals surface area contributed by atoms with Gasteiger partial charge in [-0.2, -0.15) is 4.57 Å². The average Bonchev–Trinajstić information content (AvgIpc) is 2.63. The summed E-state index contributed by atoms with van der Waals surface area (Å²) < 4.78 is 2.12. The predicted octanol–water partition coefficient (Wildman–Crippen LogP) is 0.840. The van der Waals surface area contributed by atoms with Crippen molar-refractivity contribution in [1.29, 1.82) is 0 Å². The summed E-state index contributed by atoms with van der Waals surface area (Å²) in [4.78, 5) is 12.1. The third-order valence-electron chi connectivity index (χ3n) is 3.88. The van der Waals surface area contributed by atoms with Crippen LogP contribution in [0.2, 0.25) is 0 Å². The second-order valence-electron chi connectivity index (χ2n) is 5.44. The van der Waals surface area contributed by atoms with Crippen molar-refractivity contribution in [2.75, 3.05) is 5.32 Å². The van der Waals surface area contributed by atoms with Crippen LogP contribution in [-0.4, -0.2) is 5.91 Å². The first-order valence-electron chi connectivity index (χ1n) is 7.66. The van der Waals surface area contributed by atoms with Crippen LogP contribution in [0.15, 0.2) is 85.2 Å². The van der Waals surface area contributed by atoms with Crippen molar-refractivity contribution in [3.05, 3.63) is 96.3 Å². The number of hydrogen-bond donors (Lipinski definition) is 1. The smallest absolute Gasteiger partial charge is 0.255 e. The number of anilines is 1. The molecule has 0 spiro atoms. The third kappa shape index (κ3) is 4.30. The normalized spacial score (nSPS) is 11.2. The minimum Gasteiger partial charge on any atom is -1.00 e. The zero-order valence-corrected chi connectivity index (χ0v) is 15.0. The summed E-state index contributed by atoms with van der Waals surface area (Å²) in [7, 11) is 0. The minimum absolute atomic E-state index is 0. The highest BCUT2D eigenvalue weighted by Gasteiger charge is 2.14. The lowest BCUT2D eigenvalue weighted by Gasteiger charge is -2.08. The Bertz CT molecular complexity index is 774. The molecule has 122 valence electrons. The van der Waals surface area contributed by atoms with Crippen molar-refractivity contribution in [2.24, 2.45) is 0 Å². The molecule has 0 fully saturated rings. The summed E-state index contributed by atoms with van der Waals surface area (Å²) in [6.07, 6.45) is 3.97. The molecule has 0 bridgehead atoms. The van der Waals surface area contributed by atoms with Crippen LogP contribution in [0.1, 0.15) is 28.9 Å². The standard InChI is InChI=1S/C20H18N2O.BrH/c1-16(17-8-4-2-5-9-17)22-14-12-19(13-15-22)21-20(23)18-10-6-3-7-11-18;/h2-16H,1H3;1H. The van der Waals surface area contributed by atoms with Crippen molar-refractivity contribution < 1.29 is 26.3 Å². The minimum atomic E-state index is -0.0977. The van der Waals surface area contributed by atoms with Gasteiger partial charge in [0.1, 0.15) is 0 Å². The van der Waals surface area contributed by atoms with Crippen LogP contribution in [0.4, 0.5) is 5.69 Å². The Hall–Kier alpha value is -2.46. The Morgan fingerprint density at radius 1 is 0.875 bits per heavy atom. The van der Waals surface area contributed by atoms with E-state index in [0.29, 0.717) is 5.56 Å². The molecule has 1 N–H and O–H groups in total. The first-order chi connectivity index (χ1) is 11.2. The van der Waals surface area contributed by atoms with E-state index < -0.39 is 0 Å². The van der Waals surface area contributed by atoms with E-state index in [-0.39, 0.29) is 28.9 Å². The molecule has 0 aliphatic heterocycles. The molecule has 0 aliphatic carbocycles. The van der Waals surface area contributed by atoms with Gasteiger partial charge in [-0.25, -0.2) is 0 Å². The lowest BCUT2D eigenvalue weighted by Crippen LogP contribution is -3.00. The fraction of sp³-hybridized carbons (Fsp3) is 0.100. The van der Waals surface area contributed by atoms with Gasteiger partial charge < -0.3 is 22.3 Å². The van der Waals surface area contributed by atoms with Gasteiger partial charge >= 0.3 is 0 Å². The van der Waals surface area contributed by atoms with Gasteiger partial charge in [0.05, 0.1) is 5.69 Å². The highest BCUT2D eigenvalue weighted by atomic mass is 79.9. The molecule has 24 heavy (non-hydrogen) atoms. The Morgan fingerprint density at radius 3 is 2.00 bits per heavy atom. The van der Waals surface area contributed by atoms with E-state index in [4.69, 9.17) is 0 Å². The number of rotatable bonds is 4. The lowest BCUT2D eigenvalue weighted by molar-refractivity contribution is -0.710. The van der Waals surface area contributed by atoms with E-state index in [2.05, 4.69) is 28.9 Å². The van der Waals surface area contributed by atoms with Crippen LogP contribution < -0.4 is 26.9 Å². The van der Waals surface area contributed by atoms with Crippen molar-refractivity contribution in [3.63, 3.8) is 0 Å². The summed E-state index contributed by atoms with van der Waals surface area (Å²) in [5, 5.41) is 2.91. The molecule has 3 rings (SSSR count). The van der Waals surface area contributed by atoms with Crippen molar-refractivity contribution in [2.45, 2.75) is 13.0 Å².